The van der Waals surface area contributed by atoms with Crippen LogP contribution in [0.15, 0.2) is 54.6 Å². The van der Waals surface area contributed by atoms with Crippen LogP contribution in [-0.2, 0) is 20.9 Å². The molecule has 8 nitrogen and oxygen atoms in total. The first-order valence-electron chi connectivity index (χ1n) is 11.6. The molecule has 0 radical (unpaired) electrons. The summed E-state index contributed by atoms with van der Waals surface area (Å²) in [5, 5.41) is 0. The summed E-state index contributed by atoms with van der Waals surface area (Å²) in [6.45, 7) is 5.28. The summed E-state index contributed by atoms with van der Waals surface area (Å²) < 4.78 is 5.34. The van der Waals surface area contributed by atoms with Crippen molar-refractivity contribution in [3.63, 3.8) is 0 Å². The smallest absolute Gasteiger partial charge is 0.306 e. The second kappa shape index (κ2) is 10.6. The number of nitrogens with zero attached hydrogens (tertiary/aromatic N) is 3. The number of piperazine rings is 1. The summed E-state index contributed by atoms with van der Waals surface area (Å²) in [6.07, 6.45) is -0.563. The molecule has 3 amide bonds. The number of ether oxygens (including phenoxy) is 1. The average molecular weight is 464 g/mol. The number of rotatable bonds is 8. The maximum Gasteiger partial charge on any atom is 0.306 e. The fourth-order valence-electron chi connectivity index (χ4n) is 4.36. The number of carbonyl (C=O) groups excluding carboxylic acids is 4. The van der Waals surface area contributed by atoms with Crippen LogP contribution in [0.2, 0.25) is 0 Å². The molecule has 0 spiro atoms. The van der Waals surface area contributed by atoms with Gasteiger partial charge in [-0.15, -0.1) is 0 Å². The van der Waals surface area contributed by atoms with Crippen molar-refractivity contribution < 1.29 is 23.9 Å². The molecule has 2 aliphatic rings. The van der Waals surface area contributed by atoms with E-state index in [0.29, 0.717) is 24.2 Å². The standard InChI is InChI=1S/C26H29N3O5/c1-19(24(31)28-16-14-27(15-17-28)18-20-8-3-2-4-9-20)34-23(30)12-7-13-29-25(32)21-10-5-6-11-22(21)26(29)33/h2-6,8-11,19H,7,12-18H2,1H3. The van der Waals surface area contributed by atoms with Gasteiger partial charge in [0.05, 0.1) is 11.1 Å². The Morgan fingerprint density at radius 1 is 0.882 bits per heavy atom. The van der Waals surface area contributed by atoms with Gasteiger partial charge in [-0.05, 0) is 31.0 Å². The lowest BCUT2D eigenvalue weighted by atomic mass is 10.1. The number of hydrogen-bond donors (Lipinski definition) is 0. The SMILES string of the molecule is CC(OC(=O)CCCN1C(=O)c2ccccc2C1=O)C(=O)N1CCN(Cc2ccccc2)CC1. The van der Waals surface area contributed by atoms with Crippen LogP contribution in [0.1, 0.15) is 46.0 Å². The molecule has 0 aromatic heterocycles. The molecule has 34 heavy (non-hydrogen) atoms. The van der Waals surface area contributed by atoms with Crippen molar-refractivity contribution in [1.29, 1.82) is 0 Å². The minimum atomic E-state index is -0.868. The zero-order valence-electron chi connectivity index (χ0n) is 19.3. The van der Waals surface area contributed by atoms with Crippen LogP contribution >= 0.6 is 0 Å². The predicted molar refractivity (Wildman–Crippen MR) is 125 cm³/mol. The predicted octanol–water partition coefficient (Wildman–Crippen LogP) is 2.34. The minimum absolute atomic E-state index is 0.0237. The van der Waals surface area contributed by atoms with Gasteiger partial charge in [-0.2, -0.15) is 0 Å². The summed E-state index contributed by atoms with van der Waals surface area (Å²) in [5.74, 6) is -1.40. The van der Waals surface area contributed by atoms with E-state index in [1.807, 2.05) is 18.2 Å². The fourth-order valence-corrected chi connectivity index (χ4v) is 4.36. The van der Waals surface area contributed by atoms with Crippen molar-refractivity contribution >= 4 is 23.7 Å². The average Bonchev–Trinajstić information content (AvgIpc) is 3.09. The molecule has 2 aromatic rings. The van der Waals surface area contributed by atoms with E-state index in [0.717, 1.165) is 24.5 Å². The van der Waals surface area contributed by atoms with Crippen molar-refractivity contribution in [2.24, 2.45) is 0 Å². The highest BCUT2D eigenvalue weighted by atomic mass is 16.5. The van der Waals surface area contributed by atoms with Crippen molar-refractivity contribution in [1.82, 2.24) is 14.7 Å². The maximum atomic E-state index is 12.7. The third kappa shape index (κ3) is 5.34. The van der Waals surface area contributed by atoms with E-state index in [4.69, 9.17) is 4.74 Å². The Bertz CT molecular complexity index is 1030. The third-order valence-corrected chi connectivity index (χ3v) is 6.23. The molecular formula is C26H29N3O5. The number of amides is 3. The summed E-state index contributed by atoms with van der Waals surface area (Å²) in [5.41, 5.74) is 2.02. The Labute approximate surface area is 199 Å². The van der Waals surface area contributed by atoms with Gasteiger partial charge in [0.15, 0.2) is 6.10 Å². The van der Waals surface area contributed by atoms with Crippen molar-refractivity contribution in [2.75, 3.05) is 32.7 Å². The van der Waals surface area contributed by atoms with Crippen LogP contribution in [0.25, 0.3) is 0 Å². The molecule has 1 saturated heterocycles. The quantitative estimate of drug-likeness (QED) is 0.441. The summed E-state index contributed by atoms with van der Waals surface area (Å²) in [4.78, 5) is 54.9. The van der Waals surface area contributed by atoms with E-state index in [2.05, 4.69) is 17.0 Å². The second-order valence-corrected chi connectivity index (χ2v) is 8.63. The van der Waals surface area contributed by atoms with Gasteiger partial charge in [0.2, 0.25) is 0 Å². The molecule has 0 aliphatic carbocycles. The van der Waals surface area contributed by atoms with Crippen LogP contribution in [0.5, 0.6) is 0 Å². The van der Waals surface area contributed by atoms with E-state index in [1.165, 1.54) is 5.56 Å². The molecule has 8 heteroatoms. The second-order valence-electron chi connectivity index (χ2n) is 8.63. The van der Waals surface area contributed by atoms with E-state index in [9.17, 15) is 19.2 Å². The lowest BCUT2D eigenvalue weighted by Crippen LogP contribution is -2.51. The highest BCUT2D eigenvalue weighted by Gasteiger charge is 2.34. The van der Waals surface area contributed by atoms with Gasteiger partial charge in [0.25, 0.3) is 17.7 Å². The van der Waals surface area contributed by atoms with Crippen molar-refractivity contribution in [3.05, 3.63) is 71.3 Å². The van der Waals surface area contributed by atoms with E-state index in [-0.39, 0.29) is 37.1 Å². The minimum Gasteiger partial charge on any atom is -0.453 e. The van der Waals surface area contributed by atoms with Gasteiger partial charge >= 0.3 is 5.97 Å². The molecule has 1 fully saturated rings. The van der Waals surface area contributed by atoms with Gasteiger partial charge < -0.3 is 9.64 Å². The number of imide groups is 1. The highest BCUT2D eigenvalue weighted by Crippen LogP contribution is 2.22. The first-order chi connectivity index (χ1) is 16.4. The molecule has 178 valence electrons. The van der Waals surface area contributed by atoms with E-state index >= 15 is 0 Å². The number of esters is 1. The molecule has 0 saturated carbocycles. The van der Waals surface area contributed by atoms with Gasteiger partial charge in [0, 0.05) is 45.7 Å². The van der Waals surface area contributed by atoms with Crippen molar-refractivity contribution in [3.8, 4) is 0 Å². The Kier molecular flexibility index (Phi) is 7.37. The molecule has 2 aromatic carbocycles. The molecule has 0 bridgehead atoms. The highest BCUT2D eigenvalue weighted by molar-refractivity contribution is 6.21. The summed E-state index contributed by atoms with van der Waals surface area (Å²) in [7, 11) is 0. The molecule has 2 aliphatic heterocycles. The lowest BCUT2D eigenvalue weighted by Gasteiger charge is -2.35. The van der Waals surface area contributed by atoms with Crippen molar-refractivity contribution in [2.45, 2.75) is 32.4 Å². The van der Waals surface area contributed by atoms with Gasteiger partial charge in [-0.25, -0.2) is 0 Å². The largest absolute Gasteiger partial charge is 0.453 e. The number of benzene rings is 2. The van der Waals surface area contributed by atoms with Crippen LogP contribution < -0.4 is 0 Å². The van der Waals surface area contributed by atoms with Crippen LogP contribution in [0, 0.1) is 0 Å². The molecule has 1 atom stereocenters. The molecule has 0 N–H and O–H groups in total. The Balaban J connectivity index is 1.17. The molecule has 1 unspecified atom stereocenters. The summed E-state index contributed by atoms with van der Waals surface area (Å²) in [6, 6.07) is 16.9. The first-order valence-corrected chi connectivity index (χ1v) is 11.6. The third-order valence-electron chi connectivity index (χ3n) is 6.23. The van der Waals surface area contributed by atoms with Crippen LogP contribution in [0.4, 0.5) is 0 Å². The normalized spacial score (nSPS) is 17.0. The maximum absolute atomic E-state index is 12.7. The fraction of sp³-hybridized carbons (Fsp3) is 0.385. The molecule has 4 rings (SSSR count). The lowest BCUT2D eigenvalue weighted by molar-refractivity contribution is -0.160. The van der Waals surface area contributed by atoms with Gasteiger partial charge in [-0.1, -0.05) is 42.5 Å². The number of carbonyl (C=O) groups is 4. The molecule has 2 heterocycles. The molecular weight excluding hydrogens is 434 g/mol. The van der Waals surface area contributed by atoms with Gasteiger partial charge in [0.1, 0.15) is 0 Å². The Morgan fingerprint density at radius 2 is 1.47 bits per heavy atom. The van der Waals surface area contributed by atoms with E-state index < -0.39 is 12.1 Å². The summed E-state index contributed by atoms with van der Waals surface area (Å²) >= 11 is 0. The number of fused-ring (bicyclic) bond motifs is 1. The monoisotopic (exact) mass is 463 g/mol. The Morgan fingerprint density at radius 3 is 2.09 bits per heavy atom. The Hall–Kier alpha value is -3.52. The van der Waals surface area contributed by atoms with Crippen LogP contribution in [0.3, 0.4) is 0 Å². The number of hydrogen-bond acceptors (Lipinski definition) is 6. The van der Waals surface area contributed by atoms with E-state index in [1.54, 1.807) is 36.1 Å². The first kappa shape index (κ1) is 23.6. The van der Waals surface area contributed by atoms with Crippen LogP contribution in [-0.4, -0.2) is 77.2 Å². The van der Waals surface area contributed by atoms with Gasteiger partial charge in [-0.3, -0.25) is 29.0 Å². The topological polar surface area (TPSA) is 87.2 Å². The zero-order valence-corrected chi connectivity index (χ0v) is 19.3. The zero-order chi connectivity index (χ0) is 24.1.